The Morgan fingerprint density at radius 3 is 2.79 bits per heavy atom. The zero-order chi connectivity index (χ0) is 13.4. The number of rotatable bonds is 2. The van der Waals surface area contributed by atoms with E-state index in [9.17, 15) is 0 Å². The van der Waals surface area contributed by atoms with Gasteiger partial charge >= 0.3 is 0 Å². The Labute approximate surface area is 112 Å². The number of hydrogen-bond donors (Lipinski definition) is 1. The van der Waals surface area contributed by atoms with Crippen LogP contribution in [0.2, 0.25) is 0 Å². The molecule has 19 heavy (non-hydrogen) atoms. The Kier molecular flexibility index (Phi) is 2.82. The lowest BCUT2D eigenvalue weighted by atomic mass is 10.0. The molecule has 0 atom stereocenters. The normalized spacial score (nSPS) is 11.4. The van der Waals surface area contributed by atoms with Crippen molar-refractivity contribution in [2.45, 2.75) is 26.7 Å². The number of nitrogens with zero attached hydrogens (tertiary/aromatic N) is 2. The number of fused-ring (bicyclic) bond motifs is 1. The number of pyridine rings is 2. The molecule has 0 radical (unpaired) electrons. The zero-order valence-corrected chi connectivity index (χ0v) is 11.4. The second-order valence-electron chi connectivity index (χ2n) is 5.22. The van der Waals surface area contributed by atoms with Crippen LogP contribution in [0.5, 0.6) is 0 Å². The maximum Gasteiger partial charge on any atom is 0.137 e. The molecule has 3 heteroatoms. The molecular formula is C16H17N3. The highest BCUT2D eigenvalue weighted by Crippen LogP contribution is 2.25. The van der Waals surface area contributed by atoms with Crippen LogP contribution >= 0.6 is 0 Å². The minimum Gasteiger partial charge on any atom is -0.346 e. The molecular weight excluding hydrogens is 234 g/mol. The first-order chi connectivity index (χ1) is 9.15. The van der Waals surface area contributed by atoms with Gasteiger partial charge in [0.1, 0.15) is 5.65 Å². The molecule has 0 amide bonds. The summed E-state index contributed by atoms with van der Waals surface area (Å²) < 4.78 is 0. The summed E-state index contributed by atoms with van der Waals surface area (Å²) >= 11 is 0. The fourth-order valence-corrected chi connectivity index (χ4v) is 2.24. The first-order valence-corrected chi connectivity index (χ1v) is 6.55. The van der Waals surface area contributed by atoms with Gasteiger partial charge in [-0.1, -0.05) is 13.8 Å². The zero-order valence-electron chi connectivity index (χ0n) is 11.4. The summed E-state index contributed by atoms with van der Waals surface area (Å²) in [4.78, 5) is 12.1. The van der Waals surface area contributed by atoms with Gasteiger partial charge in [0.15, 0.2) is 0 Å². The van der Waals surface area contributed by atoms with E-state index in [0.717, 1.165) is 22.3 Å². The lowest BCUT2D eigenvalue weighted by Crippen LogP contribution is -1.91. The average Bonchev–Trinajstić information content (AvgIpc) is 2.80. The summed E-state index contributed by atoms with van der Waals surface area (Å²) in [7, 11) is 0. The summed E-state index contributed by atoms with van der Waals surface area (Å²) in [5.41, 5.74) is 5.50. The van der Waals surface area contributed by atoms with E-state index in [1.54, 1.807) is 0 Å². The number of aromatic nitrogens is 3. The average molecular weight is 251 g/mol. The van der Waals surface area contributed by atoms with Gasteiger partial charge in [0.2, 0.25) is 0 Å². The first kappa shape index (κ1) is 11.9. The van der Waals surface area contributed by atoms with Crippen molar-refractivity contribution in [2.75, 3.05) is 0 Å². The monoisotopic (exact) mass is 251 g/mol. The molecule has 0 bridgehead atoms. The van der Waals surface area contributed by atoms with E-state index in [-0.39, 0.29) is 0 Å². The summed E-state index contributed by atoms with van der Waals surface area (Å²) in [6, 6.07) is 6.37. The van der Waals surface area contributed by atoms with Crippen molar-refractivity contribution in [3.8, 4) is 11.3 Å². The fourth-order valence-electron chi connectivity index (χ4n) is 2.24. The fraction of sp³-hybridized carbons (Fsp3) is 0.250. The van der Waals surface area contributed by atoms with Crippen LogP contribution in [0.4, 0.5) is 0 Å². The van der Waals surface area contributed by atoms with Crippen molar-refractivity contribution < 1.29 is 0 Å². The Morgan fingerprint density at radius 2 is 2.00 bits per heavy atom. The lowest BCUT2D eigenvalue weighted by Gasteiger charge is -2.07. The van der Waals surface area contributed by atoms with E-state index in [0.29, 0.717) is 5.92 Å². The van der Waals surface area contributed by atoms with Crippen LogP contribution in [0, 0.1) is 6.92 Å². The molecule has 0 aliphatic heterocycles. The van der Waals surface area contributed by atoms with Crippen LogP contribution in [0.15, 0.2) is 36.8 Å². The highest BCUT2D eigenvalue weighted by Gasteiger charge is 2.07. The highest BCUT2D eigenvalue weighted by atomic mass is 14.8. The molecule has 0 saturated carbocycles. The molecule has 3 aromatic heterocycles. The van der Waals surface area contributed by atoms with Gasteiger partial charge in [-0.3, -0.25) is 4.98 Å². The van der Waals surface area contributed by atoms with Crippen LogP contribution in [0.1, 0.15) is 30.9 Å². The van der Waals surface area contributed by atoms with E-state index >= 15 is 0 Å². The third-order valence-corrected chi connectivity index (χ3v) is 3.48. The van der Waals surface area contributed by atoms with Crippen molar-refractivity contribution in [2.24, 2.45) is 0 Å². The summed E-state index contributed by atoms with van der Waals surface area (Å²) in [6.07, 6.45) is 5.74. The molecule has 3 rings (SSSR count). The number of aryl methyl sites for hydroxylation is 1. The van der Waals surface area contributed by atoms with Crippen molar-refractivity contribution in [1.29, 1.82) is 0 Å². The molecule has 0 spiro atoms. The van der Waals surface area contributed by atoms with Crippen LogP contribution in [0.3, 0.4) is 0 Å². The topological polar surface area (TPSA) is 41.6 Å². The number of aromatic amines is 1. The van der Waals surface area contributed by atoms with Crippen molar-refractivity contribution in [1.82, 2.24) is 15.0 Å². The van der Waals surface area contributed by atoms with E-state index in [2.05, 4.69) is 53.9 Å². The molecule has 0 aliphatic carbocycles. The maximum absolute atomic E-state index is 4.46. The smallest absolute Gasteiger partial charge is 0.137 e. The van der Waals surface area contributed by atoms with Crippen LogP contribution < -0.4 is 0 Å². The minimum atomic E-state index is 0.507. The predicted octanol–water partition coefficient (Wildman–Crippen LogP) is 4.06. The van der Waals surface area contributed by atoms with Crippen molar-refractivity contribution >= 4 is 11.0 Å². The van der Waals surface area contributed by atoms with E-state index in [1.807, 2.05) is 18.6 Å². The summed E-state index contributed by atoms with van der Waals surface area (Å²) in [5.74, 6) is 0.507. The molecule has 3 heterocycles. The van der Waals surface area contributed by atoms with E-state index in [1.165, 1.54) is 11.1 Å². The van der Waals surface area contributed by atoms with Gasteiger partial charge in [0.05, 0.1) is 5.69 Å². The summed E-state index contributed by atoms with van der Waals surface area (Å²) in [6.45, 7) is 6.47. The Hall–Kier alpha value is -2.16. The van der Waals surface area contributed by atoms with Gasteiger partial charge < -0.3 is 4.98 Å². The van der Waals surface area contributed by atoms with Gasteiger partial charge in [0.25, 0.3) is 0 Å². The molecule has 0 aromatic carbocycles. The number of nitrogens with one attached hydrogen (secondary N) is 1. The van der Waals surface area contributed by atoms with E-state index < -0.39 is 0 Å². The van der Waals surface area contributed by atoms with Gasteiger partial charge in [0, 0.05) is 29.5 Å². The molecule has 1 N–H and O–H groups in total. The second kappa shape index (κ2) is 4.50. The SMILES string of the molecule is Cc1c[nH]c2ncc(-c3cc(C(C)C)ccn3)cc12. The van der Waals surface area contributed by atoms with Crippen LogP contribution in [-0.4, -0.2) is 15.0 Å². The predicted molar refractivity (Wildman–Crippen MR) is 78.2 cm³/mol. The number of hydrogen-bond acceptors (Lipinski definition) is 2. The Balaban J connectivity index is 2.13. The van der Waals surface area contributed by atoms with E-state index in [4.69, 9.17) is 0 Å². The third kappa shape index (κ3) is 2.12. The quantitative estimate of drug-likeness (QED) is 0.746. The lowest BCUT2D eigenvalue weighted by molar-refractivity contribution is 0.864. The first-order valence-electron chi connectivity index (χ1n) is 6.55. The van der Waals surface area contributed by atoms with Crippen molar-refractivity contribution in [3.05, 3.63) is 47.9 Å². The number of H-pyrrole nitrogens is 1. The van der Waals surface area contributed by atoms with Crippen LogP contribution in [0.25, 0.3) is 22.3 Å². The second-order valence-corrected chi connectivity index (χ2v) is 5.22. The third-order valence-electron chi connectivity index (χ3n) is 3.48. The summed E-state index contributed by atoms with van der Waals surface area (Å²) in [5, 5.41) is 1.16. The molecule has 0 aliphatic rings. The standard InChI is InChI=1S/C16H17N3/c1-10(2)12-4-5-17-15(7-12)13-6-14-11(3)8-18-16(14)19-9-13/h4-10H,1-3H3,(H,18,19). The molecule has 3 aromatic rings. The maximum atomic E-state index is 4.46. The van der Waals surface area contributed by atoms with Crippen LogP contribution in [-0.2, 0) is 0 Å². The van der Waals surface area contributed by atoms with Crippen molar-refractivity contribution in [3.63, 3.8) is 0 Å². The molecule has 96 valence electrons. The Bertz CT molecular complexity index is 726. The van der Waals surface area contributed by atoms with Gasteiger partial charge in [-0.15, -0.1) is 0 Å². The molecule has 3 nitrogen and oxygen atoms in total. The highest BCUT2D eigenvalue weighted by molar-refractivity contribution is 5.83. The van der Waals surface area contributed by atoms with Gasteiger partial charge in [-0.25, -0.2) is 4.98 Å². The molecule has 0 unspecified atom stereocenters. The largest absolute Gasteiger partial charge is 0.346 e. The molecule has 0 saturated heterocycles. The molecule has 0 fully saturated rings. The Morgan fingerprint density at radius 1 is 1.16 bits per heavy atom. The van der Waals surface area contributed by atoms with Gasteiger partial charge in [-0.05, 0) is 42.2 Å². The minimum absolute atomic E-state index is 0.507. The van der Waals surface area contributed by atoms with Gasteiger partial charge in [-0.2, -0.15) is 0 Å².